The predicted molar refractivity (Wildman–Crippen MR) is 144 cm³/mol. The fourth-order valence-electron chi connectivity index (χ4n) is 12.2. The Labute approximate surface area is 220 Å². The number of carboxylic acids is 1. The van der Waals surface area contributed by atoms with Crippen LogP contribution in [0.2, 0.25) is 0 Å². The smallest absolute Gasteiger partial charge is 0.322 e. The van der Waals surface area contributed by atoms with E-state index >= 15 is 0 Å². The Balaban J connectivity index is 1.52. The number of hydrogen-bond acceptors (Lipinski definition) is 2. The summed E-state index contributed by atoms with van der Waals surface area (Å²) >= 11 is 0. The largest absolute Gasteiger partial charge is 0.480 e. The van der Waals surface area contributed by atoms with E-state index in [-0.39, 0.29) is 23.3 Å². The lowest BCUT2D eigenvalue weighted by Crippen LogP contribution is -2.66. The molecule has 5 saturated carbocycles. The SMILES string of the molecule is CC(C)[C@@H]1CC[C@]2(C(=O)NCC(=O)O)CC[C@]3(C)C(CCC4[C@@]5(C)CCCC(C)(C)C5CC[C@]43C)C12. The zero-order valence-electron chi connectivity index (χ0n) is 24.2. The van der Waals surface area contributed by atoms with Crippen molar-refractivity contribution in [2.75, 3.05) is 6.54 Å². The first kappa shape index (κ1) is 26.5. The van der Waals surface area contributed by atoms with Gasteiger partial charge in [0.2, 0.25) is 5.91 Å². The zero-order chi connectivity index (χ0) is 26.3. The molecule has 5 aliphatic carbocycles. The maximum Gasteiger partial charge on any atom is 0.322 e. The molecule has 0 aromatic carbocycles. The second-order valence-electron chi connectivity index (χ2n) is 15.7. The molecule has 0 saturated heterocycles. The van der Waals surface area contributed by atoms with Crippen LogP contribution in [0, 0.1) is 62.6 Å². The minimum atomic E-state index is -0.941. The molecule has 0 heterocycles. The van der Waals surface area contributed by atoms with Crippen molar-refractivity contribution in [3.8, 4) is 0 Å². The summed E-state index contributed by atoms with van der Waals surface area (Å²) in [4.78, 5) is 25.1. The van der Waals surface area contributed by atoms with Gasteiger partial charge < -0.3 is 10.4 Å². The number of rotatable bonds is 4. The van der Waals surface area contributed by atoms with Crippen LogP contribution in [0.3, 0.4) is 0 Å². The highest BCUT2D eigenvalue weighted by molar-refractivity contribution is 5.86. The predicted octanol–water partition coefficient (Wildman–Crippen LogP) is 7.31. The molecule has 4 unspecified atom stereocenters. The van der Waals surface area contributed by atoms with Crippen LogP contribution in [-0.2, 0) is 9.59 Å². The quantitative estimate of drug-likeness (QED) is 0.426. The Morgan fingerprint density at radius 1 is 0.833 bits per heavy atom. The van der Waals surface area contributed by atoms with Crippen LogP contribution in [0.25, 0.3) is 0 Å². The monoisotopic (exact) mass is 499 g/mol. The standard InChI is InChI=1S/C32H53NO3/c1-20(2)21-11-16-32(27(36)33-19-25(34)35)18-17-30(6)22(26(21)32)9-10-24-29(5)14-8-13-28(3,4)23(29)12-15-31(24,30)7/h20-24,26H,8-19H2,1-7H3,(H,33,36)(H,34,35)/t21-,22?,23?,24?,26?,29-,30+,31+,32-/m0/s1. The van der Waals surface area contributed by atoms with Gasteiger partial charge in [0, 0.05) is 0 Å². The van der Waals surface area contributed by atoms with E-state index in [0.717, 1.165) is 37.5 Å². The van der Waals surface area contributed by atoms with Crippen LogP contribution in [-0.4, -0.2) is 23.5 Å². The van der Waals surface area contributed by atoms with Crippen LogP contribution >= 0.6 is 0 Å². The van der Waals surface area contributed by atoms with E-state index in [1.807, 2.05) is 0 Å². The molecule has 5 rings (SSSR count). The second kappa shape index (κ2) is 8.47. The van der Waals surface area contributed by atoms with Crippen molar-refractivity contribution in [2.45, 2.75) is 119 Å². The molecule has 0 aromatic rings. The molecule has 36 heavy (non-hydrogen) atoms. The Kier molecular flexibility index (Phi) is 6.24. The molecule has 5 fully saturated rings. The minimum Gasteiger partial charge on any atom is -0.480 e. The van der Waals surface area contributed by atoms with E-state index in [2.05, 4.69) is 53.8 Å². The van der Waals surface area contributed by atoms with Crippen molar-refractivity contribution in [1.82, 2.24) is 5.32 Å². The first-order valence-corrected chi connectivity index (χ1v) is 15.2. The third-order valence-corrected chi connectivity index (χ3v) is 13.9. The minimum absolute atomic E-state index is 0.0390. The van der Waals surface area contributed by atoms with Crippen molar-refractivity contribution in [3.63, 3.8) is 0 Å². The molecule has 0 aliphatic heterocycles. The first-order valence-electron chi connectivity index (χ1n) is 15.2. The van der Waals surface area contributed by atoms with Gasteiger partial charge in [0.1, 0.15) is 6.54 Å². The van der Waals surface area contributed by atoms with Gasteiger partial charge in [-0.2, -0.15) is 0 Å². The third kappa shape index (κ3) is 3.43. The highest BCUT2D eigenvalue weighted by Crippen LogP contribution is 2.77. The maximum absolute atomic E-state index is 13.8. The lowest BCUT2D eigenvalue weighted by atomic mass is 9.32. The molecule has 1 amide bonds. The molecule has 9 atom stereocenters. The highest BCUT2D eigenvalue weighted by atomic mass is 16.4. The van der Waals surface area contributed by atoms with E-state index in [1.54, 1.807) is 0 Å². The van der Waals surface area contributed by atoms with Gasteiger partial charge in [-0.15, -0.1) is 0 Å². The molecule has 0 aromatic heterocycles. The van der Waals surface area contributed by atoms with Crippen molar-refractivity contribution in [1.29, 1.82) is 0 Å². The number of carboxylic acid groups (broad SMARTS) is 1. The van der Waals surface area contributed by atoms with E-state index in [0.29, 0.717) is 39.9 Å². The summed E-state index contributed by atoms with van der Waals surface area (Å²) in [5.41, 5.74) is 1.09. The number of carbonyl (C=O) groups excluding carboxylic acids is 1. The summed E-state index contributed by atoms with van der Waals surface area (Å²) in [5.74, 6) is 2.77. The molecule has 2 N–H and O–H groups in total. The molecule has 5 aliphatic rings. The van der Waals surface area contributed by atoms with Gasteiger partial charge in [0.05, 0.1) is 5.41 Å². The van der Waals surface area contributed by atoms with Gasteiger partial charge in [-0.05, 0) is 121 Å². The lowest BCUT2D eigenvalue weighted by molar-refractivity contribution is -0.237. The van der Waals surface area contributed by atoms with Crippen LogP contribution in [0.1, 0.15) is 119 Å². The summed E-state index contributed by atoms with van der Waals surface area (Å²) in [6.45, 7) is 17.5. The Morgan fingerprint density at radius 3 is 2.22 bits per heavy atom. The number of aliphatic carboxylic acids is 1. The van der Waals surface area contributed by atoms with Gasteiger partial charge in [0.15, 0.2) is 0 Å². The zero-order valence-corrected chi connectivity index (χ0v) is 24.2. The van der Waals surface area contributed by atoms with Gasteiger partial charge in [0.25, 0.3) is 0 Å². The average molecular weight is 500 g/mol. The number of amides is 1. The summed E-state index contributed by atoms with van der Waals surface area (Å²) in [6.07, 6.45) is 13.5. The molecule has 4 nitrogen and oxygen atoms in total. The van der Waals surface area contributed by atoms with E-state index in [9.17, 15) is 14.7 Å². The van der Waals surface area contributed by atoms with Crippen LogP contribution in [0.5, 0.6) is 0 Å². The fourth-order valence-corrected chi connectivity index (χ4v) is 12.2. The number of hydrogen-bond donors (Lipinski definition) is 2. The van der Waals surface area contributed by atoms with E-state index < -0.39 is 5.97 Å². The number of fused-ring (bicyclic) bond motifs is 7. The van der Waals surface area contributed by atoms with Gasteiger partial charge in [-0.3, -0.25) is 9.59 Å². The first-order chi connectivity index (χ1) is 16.7. The number of nitrogens with one attached hydrogen (secondary N) is 1. The summed E-state index contributed by atoms with van der Waals surface area (Å²) in [5, 5.41) is 12.1. The Hall–Kier alpha value is -1.06. The molecule has 4 heteroatoms. The Morgan fingerprint density at radius 2 is 1.56 bits per heavy atom. The molecule has 0 bridgehead atoms. The fraction of sp³-hybridized carbons (Fsp3) is 0.938. The highest BCUT2D eigenvalue weighted by Gasteiger charge is 2.71. The average Bonchev–Trinajstić information content (AvgIpc) is 3.18. The summed E-state index contributed by atoms with van der Waals surface area (Å²) in [6, 6.07) is 0. The second-order valence-corrected chi connectivity index (χ2v) is 15.7. The lowest BCUT2D eigenvalue weighted by Gasteiger charge is -2.72. The topological polar surface area (TPSA) is 66.4 Å². The van der Waals surface area contributed by atoms with Crippen LogP contribution in [0.15, 0.2) is 0 Å². The van der Waals surface area contributed by atoms with Crippen molar-refractivity contribution in [3.05, 3.63) is 0 Å². The van der Waals surface area contributed by atoms with Gasteiger partial charge in [-0.1, -0.05) is 54.9 Å². The maximum atomic E-state index is 13.8. The summed E-state index contributed by atoms with van der Waals surface area (Å²) in [7, 11) is 0. The Bertz CT molecular complexity index is 911. The molecular formula is C32H53NO3. The number of carbonyl (C=O) groups is 2. The van der Waals surface area contributed by atoms with Gasteiger partial charge >= 0.3 is 5.97 Å². The van der Waals surface area contributed by atoms with Crippen LogP contribution < -0.4 is 5.32 Å². The van der Waals surface area contributed by atoms with Gasteiger partial charge in [-0.25, -0.2) is 0 Å². The molecule has 0 spiro atoms. The third-order valence-electron chi connectivity index (χ3n) is 13.9. The van der Waals surface area contributed by atoms with Crippen molar-refractivity contribution >= 4 is 11.9 Å². The van der Waals surface area contributed by atoms with E-state index in [1.165, 1.54) is 44.9 Å². The normalized spacial score (nSPS) is 49.4. The molecule has 204 valence electrons. The molecule has 0 radical (unpaired) electrons. The summed E-state index contributed by atoms with van der Waals surface area (Å²) < 4.78 is 0. The van der Waals surface area contributed by atoms with Crippen LogP contribution in [0.4, 0.5) is 0 Å². The van der Waals surface area contributed by atoms with E-state index in [4.69, 9.17) is 0 Å². The molecular weight excluding hydrogens is 446 g/mol. The van der Waals surface area contributed by atoms with Crippen molar-refractivity contribution in [2.24, 2.45) is 62.6 Å². The van der Waals surface area contributed by atoms with Crippen molar-refractivity contribution < 1.29 is 14.7 Å².